The number of fused-ring (bicyclic) bond motifs is 12. The fraction of sp³-hybridized carbons (Fsp3) is 0.0182. The summed E-state index contributed by atoms with van der Waals surface area (Å²) in [6.45, 7) is 0. The smallest absolute Gasteiger partial charge is 0.0619 e. The molecule has 0 aromatic heterocycles. The molecule has 11 aromatic carbocycles. The van der Waals surface area contributed by atoms with Crippen LogP contribution >= 0.6 is 0 Å². The molecule has 0 heterocycles. The van der Waals surface area contributed by atoms with Crippen molar-refractivity contribution >= 4 is 53.9 Å². The Labute approximate surface area is 318 Å². The Hall–Kier alpha value is -7.02. The summed E-state index contributed by atoms with van der Waals surface area (Å²) in [5.41, 5.74) is 15.4. The van der Waals surface area contributed by atoms with E-state index in [4.69, 9.17) is 0 Å². The molecule has 0 amide bonds. The minimum absolute atomic E-state index is 0.461. The maximum absolute atomic E-state index is 2.55. The molecule has 0 bridgehead atoms. The van der Waals surface area contributed by atoms with Gasteiger partial charge in [0.05, 0.1) is 5.41 Å². The molecule has 0 heteroatoms. The van der Waals surface area contributed by atoms with E-state index in [1.165, 1.54) is 121 Å². The minimum Gasteiger partial charge on any atom is -0.0619 e. The van der Waals surface area contributed by atoms with Crippen LogP contribution in [0.5, 0.6) is 0 Å². The average molecular weight is 693 g/mol. The van der Waals surface area contributed by atoms with Crippen molar-refractivity contribution in [3.8, 4) is 44.5 Å². The van der Waals surface area contributed by atoms with Crippen molar-refractivity contribution in [1.82, 2.24) is 0 Å². The highest BCUT2D eigenvalue weighted by molar-refractivity contribution is 6.25. The highest BCUT2D eigenvalue weighted by atomic mass is 14.5. The van der Waals surface area contributed by atoms with Gasteiger partial charge in [0.1, 0.15) is 0 Å². The van der Waals surface area contributed by atoms with Crippen molar-refractivity contribution < 1.29 is 0 Å². The van der Waals surface area contributed by atoms with E-state index >= 15 is 0 Å². The largest absolute Gasteiger partial charge is 0.0725 e. The molecule has 2 aliphatic rings. The van der Waals surface area contributed by atoms with Gasteiger partial charge in [0.25, 0.3) is 0 Å². The molecule has 0 atom stereocenters. The summed E-state index contributed by atoms with van der Waals surface area (Å²) in [5.74, 6) is 0. The third kappa shape index (κ3) is 3.71. The zero-order chi connectivity index (χ0) is 35.8. The van der Waals surface area contributed by atoms with E-state index < -0.39 is 5.41 Å². The maximum Gasteiger partial charge on any atom is 0.0725 e. The summed E-state index contributed by atoms with van der Waals surface area (Å²) in [7, 11) is 0. The lowest BCUT2D eigenvalue weighted by Gasteiger charge is -2.31. The predicted octanol–water partition coefficient (Wildman–Crippen LogP) is 14.6. The van der Waals surface area contributed by atoms with Gasteiger partial charge in [-0.1, -0.05) is 176 Å². The molecule has 11 aromatic rings. The average Bonchev–Trinajstić information content (AvgIpc) is 3.71. The Kier molecular flexibility index (Phi) is 5.65. The fourth-order valence-corrected chi connectivity index (χ4v) is 10.8. The quantitative estimate of drug-likeness (QED) is 0.158. The maximum atomic E-state index is 2.55. The van der Waals surface area contributed by atoms with E-state index in [1.54, 1.807) is 0 Å². The van der Waals surface area contributed by atoms with E-state index in [-0.39, 0.29) is 0 Å². The third-order valence-electron chi connectivity index (χ3n) is 13.0. The van der Waals surface area contributed by atoms with E-state index in [2.05, 4.69) is 194 Å². The first kappa shape index (κ1) is 29.4. The van der Waals surface area contributed by atoms with Crippen LogP contribution < -0.4 is 0 Å². The summed E-state index contributed by atoms with van der Waals surface area (Å²) in [5, 5.41) is 13.0. The number of hydrogen-bond donors (Lipinski definition) is 0. The van der Waals surface area contributed by atoms with Crippen molar-refractivity contribution in [2.24, 2.45) is 0 Å². The molecule has 0 N–H and O–H groups in total. The molecular weight excluding hydrogens is 661 g/mol. The van der Waals surface area contributed by atoms with Crippen LogP contribution in [0, 0.1) is 0 Å². The van der Waals surface area contributed by atoms with Gasteiger partial charge in [0, 0.05) is 0 Å². The highest BCUT2D eigenvalue weighted by Crippen LogP contribution is 2.64. The first-order valence-electron chi connectivity index (χ1n) is 19.3. The van der Waals surface area contributed by atoms with E-state index in [0.29, 0.717) is 0 Å². The number of hydrogen-bond acceptors (Lipinski definition) is 0. The van der Waals surface area contributed by atoms with Gasteiger partial charge < -0.3 is 0 Å². The Morgan fingerprint density at radius 2 is 0.764 bits per heavy atom. The molecule has 55 heavy (non-hydrogen) atoms. The van der Waals surface area contributed by atoms with Gasteiger partial charge in [-0.15, -0.1) is 0 Å². The Morgan fingerprint density at radius 3 is 1.56 bits per heavy atom. The Balaban J connectivity index is 1.13. The number of rotatable bonds is 2. The fourth-order valence-electron chi connectivity index (χ4n) is 10.8. The molecule has 0 aliphatic heterocycles. The lowest BCUT2D eigenvalue weighted by molar-refractivity contribution is 0.795. The lowest BCUT2D eigenvalue weighted by atomic mass is 9.70. The van der Waals surface area contributed by atoms with Crippen molar-refractivity contribution in [2.45, 2.75) is 5.41 Å². The second-order valence-corrected chi connectivity index (χ2v) is 15.5. The van der Waals surface area contributed by atoms with Crippen LogP contribution in [0.25, 0.3) is 98.4 Å². The van der Waals surface area contributed by atoms with Crippen LogP contribution in [-0.4, -0.2) is 0 Å². The Bertz CT molecular complexity index is 3370. The van der Waals surface area contributed by atoms with Crippen molar-refractivity contribution in [2.75, 3.05) is 0 Å². The van der Waals surface area contributed by atoms with E-state index in [1.807, 2.05) is 0 Å². The van der Waals surface area contributed by atoms with Crippen molar-refractivity contribution in [3.05, 3.63) is 216 Å². The SMILES string of the molecule is c1ccc2c(c1)-c1ccccc1C21c2cc(-c3ccc4ccc5cccc6ccc3c4c56)ccc2-c2cc3cccc(-c4cccc5ccccc45)c3cc21. The summed E-state index contributed by atoms with van der Waals surface area (Å²) < 4.78 is 0. The molecule has 0 fully saturated rings. The van der Waals surface area contributed by atoms with Gasteiger partial charge in [0.2, 0.25) is 0 Å². The molecular formula is C55H32. The van der Waals surface area contributed by atoms with Gasteiger partial charge in [-0.3, -0.25) is 0 Å². The number of benzene rings is 11. The molecule has 0 saturated carbocycles. The molecule has 252 valence electrons. The highest BCUT2D eigenvalue weighted by Gasteiger charge is 2.51. The van der Waals surface area contributed by atoms with Crippen LogP contribution in [0.2, 0.25) is 0 Å². The third-order valence-corrected chi connectivity index (χ3v) is 13.0. The van der Waals surface area contributed by atoms with Gasteiger partial charge in [-0.2, -0.15) is 0 Å². The molecule has 13 rings (SSSR count). The normalized spacial score (nSPS) is 13.6. The first-order chi connectivity index (χ1) is 27.3. The van der Waals surface area contributed by atoms with Crippen molar-refractivity contribution in [3.63, 3.8) is 0 Å². The zero-order valence-electron chi connectivity index (χ0n) is 30.0. The van der Waals surface area contributed by atoms with Gasteiger partial charge in [0.15, 0.2) is 0 Å². The van der Waals surface area contributed by atoms with Crippen LogP contribution in [0.15, 0.2) is 194 Å². The Morgan fingerprint density at radius 1 is 0.236 bits per heavy atom. The second-order valence-electron chi connectivity index (χ2n) is 15.5. The van der Waals surface area contributed by atoms with Crippen LogP contribution in [0.3, 0.4) is 0 Å². The van der Waals surface area contributed by atoms with E-state index in [9.17, 15) is 0 Å². The van der Waals surface area contributed by atoms with E-state index in [0.717, 1.165) is 0 Å². The minimum atomic E-state index is -0.461. The van der Waals surface area contributed by atoms with Gasteiger partial charge >= 0.3 is 0 Å². The van der Waals surface area contributed by atoms with Crippen molar-refractivity contribution in [1.29, 1.82) is 0 Å². The van der Waals surface area contributed by atoms with Crippen LogP contribution in [0.4, 0.5) is 0 Å². The summed E-state index contributed by atoms with van der Waals surface area (Å²) in [6, 6.07) is 73.5. The standard InChI is InChI=1S/C55H32/c1-2-15-39-33(10-1)11-8-18-41(39)42-19-9-14-37-30-48-45-28-26-38(40-27-24-36-23-22-34-12-7-13-35-25-29-46(40)54(36)53(34)35)31-51(45)55(52(48)32-47(37)42)49-20-5-3-16-43(49)44-17-4-6-21-50(44)55/h1-32H. The van der Waals surface area contributed by atoms with Gasteiger partial charge in [-0.05, 0) is 139 Å². The van der Waals surface area contributed by atoms with Crippen LogP contribution in [0.1, 0.15) is 22.3 Å². The summed E-state index contributed by atoms with van der Waals surface area (Å²) >= 11 is 0. The second kappa shape index (κ2) is 10.6. The molecule has 1 spiro atoms. The van der Waals surface area contributed by atoms with Crippen LogP contribution in [-0.2, 0) is 5.41 Å². The van der Waals surface area contributed by atoms with Gasteiger partial charge in [-0.25, -0.2) is 0 Å². The first-order valence-corrected chi connectivity index (χ1v) is 19.3. The molecule has 0 saturated heterocycles. The molecule has 0 unspecified atom stereocenters. The molecule has 0 nitrogen and oxygen atoms in total. The lowest BCUT2D eigenvalue weighted by Crippen LogP contribution is -2.26. The summed E-state index contributed by atoms with van der Waals surface area (Å²) in [4.78, 5) is 0. The topological polar surface area (TPSA) is 0 Å². The summed E-state index contributed by atoms with van der Waals surface area (Å²) in [6.07, 6.45) is 0. The molecule has 0 radical (unpaired) electrons. The monoisotopic (exact) mass is 692 g/mol. The zero-order valence-corrected chi connectivity index (χ0v) is 30.0. The predicted molar refractivity (Wildman–Crippen MR) is 232 cm³/mol. The molecule has 2 aliphatic carbocycles.